The van der Waals surface area contributed by atoms with Gasteiger partial charge in [-0.25, -0.2) is 0 Å². The van der Waals surface area contributed by atoms with Gasteiger partial charge in [0.25, 0.3) is 5.91 Å². The third-order valence-corrected chi connectivity index (χ3v) is 4.79. The number of ether oxygens (including phenoxy) is 1. The molecule has 5 nitrogen and oxygen atoms in total. The lowest BCUT2D eigenvalue weighted by Gasteiger charge is -2.29. The van der Waals surface area contributed by atoms with E-state index in [-0.39, 0.29) is 11.9 Å². The first-order valence-electron chi connectivity index (χ1n) is 8.88. The molecule has 0 radical (unpaired) electrons. The van der Waals surface area contributed by atoms with Crippen LogP contribution >= 0.6 is 0 Å². The molecule has 1 amide bonds. The van der Waals surface area contributed by atoms with Crippen LogP contribution in [-0.4, -0.2) is 37.6 Å². The number of rotatable bonds is 6. The predicted octanol–water partition coefficient (Wildman–Crippen LogP) is 3.13. The van der Waals surface area contributed by atoms with Crippen LogP contribution in [0.3, 0.4) is 0 Å². The summed E-state index contributed by atoms with van der Waals surface area (Å²) in [6.45, 7) is 2.53. The van der Waals surface area contributed by atoms with Crippen molar-refractivity contribution in [1.82, 2.24) is 10.2 Å². The monoisotopic (exact) mass is 349 g/mol. The smallest absolute Gasteiger partial charge is 0.251 e. The minimum atomic E-state index is -0.166. The lowest BCUT2D eigenvalue weighted by Crippen LogP contribution is -2.37. The van der Waals surface area contributed by atoms with Gasteiger partial charge in [0.15, 0.2) is 0 Å². The van der Waals surface area contributed by atoms with Gasteiger partial charge in [0, 0.05) is 17.7 Å². The Labute approximate surface area is 154 Å². The molecule has 1 unspecified atom stereocenters. The maximum atomic E-state index is 12.5. The van der Waals surface area contributed by atoms with Crippen molar-refractivity contribution >= 4 is 5.91 Å². The maximum Gasteiger partial charge on any atom is 0.251 e. The molecule has 2 aromatic carbocycles. The number of para-hydroxylation sites is 1. The van der Waals surface area contributed by atoms with E-state index in [0.29, 0.717) is 17.7 Å². The quantitative estimate of drug-likeness (QED) is 0.870. The van der Waals surface area contributed by atoms with Gasteiger partial charge in [-0.3, -0.25) is 9.69 Å². The number of amides is 1. The predicted molar refractivity (Wildman–Crippen MR) is 100 cm³/mol. The van der Waals surface area contributed by atoms with Crippen LogP contribution in [0.5, 0.6) is 5.75 Å². The zero-order valence-electron chi connectivity index (χ0n) is 14.9. The highest BCUT2D eigenvalue weighted by Gasteiger charge is 2.26. The molecule has 2 aromatic rings. The Kier molecular flexibility index (Phi) is 5.88. The molecule has 0 aromatic heterocycles. The molecule has 3 rings (SSSR count). The number of benzene rings is 2. The Morgan fingerprint density at radius 2 is 2.00 bits per heavy atom. The number of hydrogen-bond acceptors (Lipinski definition) is 4. The topological polar surface area (TPSA) is 65.4 Å². The minimum Gasteiger partial charge on any atom is -0.496 e. The van der Waals surface area contributed by atoms with Crippen molar-refractivity contribution in [2.75, 3.05) is 26.7 Å². The Morgan fingerprint density at radius 1 is 1.23 bits per heavy atom. The average Bonchev–Trinajstić information content (AvgIpc) is 3.23. The van der Waals surface area contributed by atoms with E-state index in [2.05, 4.69) is 22.4 Å². The normalized spacial score (nSPS) is 15.2. The first-order chi connectivity index (χ1) is 12.7. The summed E-state index contributed by atoms with van der Waals surface area (Å²) in [5.41, 5.74) is 2.07. The molecule has 1 aliphatic rings. The van der Waals surface area contributed by atoms with E-state index in [4.69, 9.17) is 10.00 Å². The van der Waals surface area contributed by atoms with Crippen molar-refractivity contribution in [3.63, 3.8) is 0 Å². The van der Waals surface area contributed by atoms with Crippen LogP contribution in [0, 0.1) is 11.3 Å². The van der Waals surface area contributed by atoms with Crippen LogP contribution < -0.4 is 10.1 Å². The van der Waals surface area contributed by atoms with E-state index in [9.17, 15) is 4.79 Å². The van der Waals surface area contributed by atoms with Crippen LogP contribution in [-0.2, 0) is 0 Å². The number of nitrogens with one attached hydrogen (secondary N) is 1. The number of nitriles is 1. The Morgan fingerprint density at radius 3 is 2.73 bits per heavy atom. The number of methoxy groups -OCH3 is 1. The SMILES string of the molecule is COc1ccccc1C(CNC(=O)c1cccc(C#N)c1)N1CCCC1. The molecular weight excluding hydrogens is 326 g/mol. The second-order valence-electron chi connectivity index (χ2n) is 6.40. The molecule has 1 atom stereocenters. The fraction of sp³-hybridized carbons (Fsp3) is 0.333. The second-order valence-corrected chi connectivity index (χ2v) is 6.40. The molecule has 26 heavy (non-hydrogen) atoms. The molecule has 134 valence electrons. The fourth-order valence-electron chi connectivity index (χ4n) is 3.45. The second kappa shape index (κ2) is 8.50. The van der Waals surface area contributed by atoms with Gasteiger partial charge in [0.1, 0.15) is 5.75 Å². The van der Waals surface area contributed by atoms with E-state index >= 15 is 0 Å². The fourth-order valence-corrected chi connectivity index (χ4v) is 3.45. The van der Waals surface area contributed by atoms with E-state index in [1.807, 2.05) is 18.2 Å². The third kappa shape index (κ3) is 4.04. The van der Waals surface area contributed by atoms with Crippen molar-refractivity contribution in [1.29, 1.82) is 5.26 Å². The molecular formula is C21H23N3O2. The molecule has 1 heterocycles. The van der Waals surface area contributed by atoms with Gasteiger partial charge in [0.2, 0.25) is 0 Å². The number of carbonyl (C=O) groups excluding carboxylic acids is 1. The van der Waals surface area contributed by atoms with Crippen molar-refractivity contribution in [3.8, 4) is 11.8 Å². The summed E-state index contributed by atoms with van der Waals surface area (Å²) in [6, 6.07) is 16.9. The summed E-state index contributed by atoms with van der Waals surface area (Å²) >= 11 is 0. The minimum absolute atomic E-state index is 0.0664. The molecule has 1 fully saturated rings. The van der Waals surface area contributed by atoms with Gasteiger partial charge in [-0.15, -0.1) is 0 Å². The summed E-state index contributed by atoms with van der Waals surface area (Å²) < 4.78 is 5.53. The Hall–Kier alpha value is -2.84. The molecule has 0 bridgehead atoms. The van der Waals surface area contributed by atoms with Crippen LogP contribution in [0.2, 0.25) is 0 Å². The van der Waals surface area contributed by atoms with E-state index in [0.717, 1.165) is 24.4 Å². The zero-order valence-corrected chi connectivity index (χ0v) is 14.9. The molecule has 0 spiro atoms. The summed E-state index contributed by atoms with van der Waals surface area (Å²) in [6.07, 6.45) is 2.34. The number of hydrogen-bond donors (Lipinski definition) is 1. The van der Waals surface area contributed by atoms with Gasteiger partial charge in [-0.1, -0.05) is 24.3 Å². The highest BCUT2D eigenvalue weighted by atomic mass is 16.5. The van der Waals surface area contributed by atoms with Gasteiger partial charge < -0.3 is 10.1 Å². The van der Waals surface area contributed by atoms with Gasteiger partial charge >= 0.3 is 0 Å². The summed E-state index contributed by atoms with van der Waals surface area (Å²) in [5, 5.41) is 12.0. The van der Waals surface area contributed by atoms with Gasteiger partial charge in [-0.05, 0) is 50.2 Å². The van der Waals surface area contributed by atoms with Crippen molar-refractivity contribution in [2.24, 2.45) is 0 Å². The molecule has 1 aliphatic heterocycles. The Bertz CT molecular complexity index is 807. The van der Waals surface area contributed by atoms with Crippen LogP contribution in [0.4, 0.5) is 0 Å². The highest BCUT2D eigenvalue weighted by molar-refractivity contribution is 5.94. The van der Waals surface area contributed by atoms with E-state index < -0.39 is 0 Å². The standard InChI is InChI=1S/C21H23N3O2/c1-26-20-10-3-2-9-18(20)19(24-11-4-5-12-24)15-23-21(25)17-8-6-7-16(13-17)14-22/h2-3,6-10,13,19H,4-5,11-12,15H2,1H3,(H,23,25). The summed E-state index contributed by atoms with van der Waals surface area (Å²) in [7, 11) is 1.67. The maximum absolute atomic E-state index is 12.5. The van der Waals surface area contributed by atoms with E-state index in [1.54, 1.807) is 31.4 Å². The van der Waals surface area contributed by atoms with Crippen LogP contribution in [0.15, 0.2) is 48.5 Å². The molecule has 1 N–H and O–H groups in total. The number of likely N-dealkylation sites (tertiary alicyclic amines) is 1. The van der Waals surface area contributed by atoms with Crippen molar-refractivity contribution in [2.45, 2.75) is 18.9 Å². The Balaban J connectivity index is 1.78. The zero-order chi connectivity index (χ0) is 18.4. The van der Waals surface area contributed by atoms with Gasteiger partial charge in [-0.2, -0.15) is 5.26 Å². The summed E-state index contributed by atoms with van der Waals surface area (Å²) in [5.74, 6) is 0.673. The first-order valence-corrected chi connectivity index (χ1v) is 8.88. The first kappa shape index (κ1) is 18.0. The van der Waals surface area contributed by atoms with Gasteiger partial charge in [0.05, 0.1) is 24.8 Å². The largest absolute Gasteiger partial charge is 0.496 e. The van der Waals surface area contributed by atoms with Crippen molar-refractivity contribution < 1.29 is 9.53 Å². The number of nitrogens with zero attached hydrogens (tertiary/aromatic N) is 2. The summed E-state index contributed by atoms with van der Waals surface area (Å²) in [4.78, 5) is 14.9. The molecule has 0 saturated carbocycles. The lowest BCUT2D eigenvalue weighted by atomic mass is 10.0. The van der Waals surface area contributed by atoms with Crippen LogP contribution in [0.1, 0.15) is 40.4 Å². The molecule has 5 heteroatoms. The van der Waals surface area contributed by atoms with E-state index in [1.165, 1.54) is 12.8 Å². The molecule has 0 aliphatic carbocycles. The van der Waals surface area contributed by atoms with Crippen LogP contribution in [0.25, 0.3) is 0 Å². The number of carbonyl (C=O) groups is 1. The molecule has 1 saturated heterocycles. The third-order valence-electron chi connectivity index (χ3n) is 4.79. The average molecular weight is 349 g/mol. The van der Waals surface area contributed by atoms with Crippen molar-refractivity contribution in [3.05, 3.63) is 65.2 Å². The lowest BCUT2D eigenvalue weighted by molar-refractivity contribution is 0.0937. The highest BCUT2D eigenvalue weighted by Crippen LogP contribution is 2.31.